The maximum absolute atomic E-state index is 9.66. The van der Waals surface area contributed by atoms with Crippen molar-refractivity contribution < 1.29 is 5.11 Å². The van der Waals surface area contributed by atoms with Crippen LogP contribution >= 0.6 is 0 Å². The molecular weight excluding hydrogens is 198 g/mol. The molecular formula is C14H17NO. The van der Waals surface area contributed by atoms with E-state index in [0.717, 1.165) is 23.0 Å². The van der Waals surface area contributed by atoms with E-state index in [0.29, 0.717) is 5.75 Å². The molecule has 0 unspecified atom stereocenters. The number of aromatic hydroxyl groups is 1. The molecule has 0 saturated carbocycles. The van der Waals surface area contributed by atoms with E-state index in [1.54, 1.807) is 6.07 Å². The third-order valence-electron chi connectivity index (χ3n) is 2.72. The fraction of sp³-hybridized carbons (Fsp3) is 0.286. The molecule has 0 saturated heterocycles. The van der Waals surface area contributed by atoms with E-state index in [4.69, 9.17) is 0 Å². The third kappa shape index (κ3) is 2.27. The first-order valence-electron chi connectivity index (χ1n) is 5.77. The highest BCUT2D eigenvalue weighted by atomic mass is 16.3. The first kappa shape index (κ1) is 10.8. The topological polar surface area (TPSA) is 32.3 Å². The van der Waals surface area contributed by atoms with Crippen LogP contribution in [-0.2, 0) is 0 Å². The van der Waals surface area contributed by atoms with Gasteiger partial charge in [-0.25, -0.2) is 0 Å². The fourth-order valence-electron chi connectivity index (χ4n) is 1.79. The Morgan fingerprint density at radius 1 is 1.19 bits per heavy atom. The molecule has 2 rings (SSSR count). The van der Waals surface area contributed by atoms with Crippen molar-refractivity contribution in [2.24, 2.45) is 0 Å². The summed E-state index contributed by atoms with van der Waals surface area (Å²) in [6.07, 6.45) is 2.37. The standard InChI is InChI=1S/C14H17NO/c1-2-3-9-15-12-7-8-13-11(10-12)5-4-6-14(13)16/h4-8,10,15-16H,2-3,9H2,1H3. The van der Waals surface area contributed by atoms with Crippen LogP contribution in [0.3, 0.4) is 0 Å². The zero-order valence-corrected chi connectivity index (χ0v) is 9.53. The van der Waals surface area contributed by atoms with E-state index in [-0.39, 0.29) is 0 Å². The lowest BCUT2D eigenvalue weighted by atomic mass is 10.1. The third-order valence-corrected chi connectivity index (χ3v) is 2.72. The molecule has 84 valence electrons. The minimum atomic E-state index is 0.345. The first-order chi connectivity index (χ1) is 7.81. The first-order valence-corrected chi connectivity index (χ1v) is 5.77. The van der Waals surface area contributed by atoms with Crippen LogP contribution in [0, 0.1) is 0 Å². The molecule has 0 spiro atoms. The van der Waals surface area contributed by atoms with Gasteiger partial charge in [0.05, 0.1) is 0 Å². The van der Waals surface area contributed by atoms with Gasteiger partial charge in [0.1, 0.15) is 5.75 Å². The summed E-state index contributed by atoms with van der Waals surface area (Å²) in [4.78, 5) is 0. The largest absolute Gasteiger partial charge is 0.507 e. The van der Waals surface area contributed by atoms with E-state index in [1.165, 1.54) is 12.8 Å². The average Bonchev–Trinajstić information content (AvgIpc) is 2.30. The zero-order valence-electron chi connectivity index (χ0n) is 9.53. The van der Waals surface area contributed by atoms with Crippen molar-refractivity contribution in [3.8, 4) is 5.75 Å². The lowest BCUT2D eigenvalue weighted by molar-refractivity contribution is 0.481. The van der Waals surface area contributed by atoms with Gasteiger partial charge < -0.3 is 10.4 Å². The molecule has 0 atom stereocenters. The molecule has 16 heavy (non-hydrogen) atoms. The van der Waals surface area contributed by atoms with Crippen LogP contribution in [0.4, 0.5) is 5.69 Å². The quantitative estimate of drug-likeness (QED) is 0.761. The van der Waals surface area contributed by atoms with Crippen molar-refractivity contribution in [3.63, 3.8) is 0 Å². The molecule has 0 aliphatic heterocycles. The molecule has 0 amide bonds. The lowest BCUT2D eigenvalue weighted by Gasteiger charge is -2.07. The fourth-order valence-corrected chi connectivity index (χ4v) is 1.79. The summed E-state index contributed by atoms with van der Waals surface area (Å²) in [6, 6.07) is 11.6. The Balaban J connectivity index is 2.23. The molecule has 0 aliphatic carbocycles. The van der Waals surface area contributed by atoms with Gasteiger partial charge >= 0.3 is 0 Å². The van der Waals surface area contributed by atoms with Gasteiger partial charge in [0.15, 0.2) is 0 Å². The lowest BCUT2D eigenvalue weighted by Crippen LogP contribution is -2.00. The Bertz CT molecular complexity index is 479. The van der Waals surface area contributed by atoms with Crippen LogP contribution in [0.5, 0.6) is 5.75 Å². The zero-order chi connectivity index (χ0) is 11.4. The predicted octanol–water partition coefficient (Wildman–Crippen LogP) is 3.76. The number of anilines is 1. The minimum Gasteiger partial charge on any atom is -0.507 e. The maximum Gasteiger partial charge on any atom is 0.123 e. The van der Waals surface area contributed by atoms with E-state index < -0.39 is 0 Å². The molecule has 0 fully saturated rings. The van der Waals surface area contributed by atoms with Crippen molar-refractivity contribution in [1.82, 2.24) is 0 Å². The molecule has 0 aliphatic rings. The van der Waals surface area contributed by atoms with Crippen LogP contribution in [0.15, 0.2) is 36.4 Å². The molecule has 0 radical (unpaired) electrons. The number of benzene rings is 2. The SMILES string of the molecule is CCCCNc1ccc2c(O)cccc2c1. The smallest absolute Gasteiger partial charge is 0.123 e. The molecule has 2 heteroatoms. The van der Waals surface area contributed by atoms with Crippen molar-refractivity contribution in [1.29, 1.82) is 0 Å². The van der Waals surface area contributed by atoms with Gasteiger partial charge in [-0.05, 0) is 36.1 Å². The van der Waals surface area contributed by atoms with Gasteiger partial charge in [-0.3, -0.25) is 0 Å². The molecule has 0 heterocycles. The highest BCUT2D eigenvalue weighted by Crippen LogP contribution is 2.26. The number of hydrogen-bond acceptors (Lipinski definition) is 2. The Labute approximate surface area is 95.9 Å². The van der Waals surface area contributed by atoms with Gasteiger partial charge in [0.25, 0.3) is 0 Å². The number of hydrogen-bond donors (Lipinski definition) is 2. The molecule has 2 aromatic rings. The number of phenolic OH excluding ortho intramolecular Hbond substituents is 1. The summed E-state index contributed by atoms with van der Waals surface area (Å²) in [7, 11) is 0. The van der Waals surface area contributed by atoms with Crippen molar-refractivity contribution >= 4 is 16.5 Å². The van der Waals surface area contributed by atoms with Crippen LogP contribution in [0.2, 0.25) is 0 Å². The Morgan fingerprint density at radius 3 is 2.88 bits per heavy atom. The molecule has 0 aromatic heterocycles. The summed E-state index contributed by atoms with van der Waals surface area (Å²) in [5, 5.41) is 15.0. The molecule has 2 N–H and O–H groups in total. The second-order valence-electron chi connectivity index (χ2n) is 3.99. The highest BCUT2D eigenvalue weighted by Gasteiger charge is 1.99. The number of unbranched alkanes of at least 4 members (excludes halogenated alkanes) is 1. The number of rotatable bonds is 4. The number of phenols is 1. The minimum absolute atomic E-state index is 0.345. The maximum atomic E-state index is 9.66. The van der Waals surface area contributed by atoms with Gasteiger partial charge in [0, 0.05) is 17.6 Å². The van der Waals surface area contributed by atoms with Crippen LogP contribution in [0.1, 0.15) is 19.8 Å². The van der Waals surface area contributed by atoms with Gasteiger partial charge in [-0.2, -0.15) is 0 Å². The molecule has 2 nitrogen and oxygen atoms in total. The molecule has 2 aromatic carbocycles. The predicted molar refractivity (Wildman–Crippen MR) is 69.0 cm³/mol. The summed E-state index contributed by atoms with van der Waals surface area (Å²) in [5.41, 5.74) is 1.12. The van der Waals surface area contributed by atoms with Crippen molar-refractivity contribution in [2.45, 2.75) is 19.8 Å². The van der Waals surface area contributed by atoms with Gasteiger partial charge in [-0.1, -0.05) is 25.5 Å². The van der Waals surface area contributed by atoms with Crippen molar-refractivity contribution in [2.75, 3.05) is 11.9 Å². The Morgan fingerprint density at radius 2 is 2.06 bits per heavy atom. The molecule has 0 bridgehead atoms. The van der Waals surface area contributed by atoms with Crippen LogP contribution < -0.4 is 5.32 Å². The van der Waals surface area contributed by atoms with Gasteiger partial charge in [-0.15, -0.1) is 0 Å². The Kier molecular flexibility index (Phi) is 3.30. The average molecular weight is 215 g/mol. The van der Waals surface area contributed by atoms with E-state index in [1.807, 2.05) is 24.3 Å². The van der Waals surface area contributed by atoms with E-state index in [9.17, 15) is 5.11 Å². The second kappa shape index (κ2) is 4.88. The summed E-state index contributed by atoms with van der Waals surface area (Å²) in [5.74, 6) is 0.345. The van der Waals surface area contributed by atoms with E-state index in [2.05, 4.69) is 18.3 Å². The summed E-state index contributed by atoms with van der Waals surface area (Å²) < 4.78 is 0. The highest BCUT2D eigenvalue weighted by molar-refractivity contribution is 5.90. The van der Waals surface area contributed by atoms with Crippen LogP contribution in [-0.4, -0.2) is 11.7 Å². The van der Waals surface area contributed by atoms with Crippen LogP contribution in [0.25, 0.3) is 10.8 Å². The summed E-state index contributed by atoms with van der Waals surface area (Å²) in [6.45, 7) is 3.18. The van der Waals surface area contributed by atoms with E-state index >= 15 is 0 Å². The number of nitrogens with one attached hydrogen (secondary N) is 1. The van der Waals surface area contributed by atoms with Gasteiger partial charge in [0.2, 0.25) is 0 Å². The Hall–Kier alpha value is -1.70. The normalized spacial score (nSPS) is 10.6. The monoisotopic (exact) mass is 215 g/mol. The second-order valence-corrected chi connectivity index (χ2v) is 3.99. The number of fused-ring (bicyclic) bond motifs is 1. The van der Waals surface area contributed by atoms with Crippen molar-refractivity contribution in [3.05, 3.63) is 36.4 Å². The summed E-state index contributed by atoms with van der Waals surface area (Å²) >= 11 is 0.